The van der Waals surface area contributed by atoms with Gasteiger partial charge in [0.2, 0.25) is 5.88 Å². The minimum absolute atomic E-state index is 0.0966. The maximum absolute atomic E-state index is 12.5. The SMILES string of the molecule is O=C(N=Nc1c(O)[nH]c2ccccc12)c1ccc(CN2CCC(Cc3ccccc3)CC2)cc1. The van der Waals surface area contributed by atoms with Crippen LogP contribution in [0.1, 0.15) is 34.3 Å². The number of fused-ring (bicyclic) bond motifs is 1. The number of rotatable bonds is 6. The van der Waals surface area contributed by atoms with Gasteiger partial charge in [-0.15, -0.1) is 10.2 Å². The predicted octanol–water partition coefficient (Wildman–Crippen LogP) is 6.25. The van der Waals surface area contributed by atoms with Crippen LogP contribution in [0.5, 0.6) is 5.88 Å². The number of azo groups is 1. The number of para-hydroxylation sites is 1. The van der Waals surface area contributed by atoms with Gasteiger partial charge in [0.25, 0.3) is 5.91 Å². The van der Waals surface area contributed by atoms with Crippen LogP contribution >= 0.6 is 0 Å². The Bertz CT molecular complexity index is 1290. The molecule has 3 aromatic carbocycles. The molecule has 0 spiro atoms. The van der Waals surface area contributed by atoms with Crippen molar-refractivity contribution < 1.29 is 9.90 Å². The summed E-state index contributed by atoms with van der Waals surface area (Å²) in [7, 11) is 0. The number of amides is 1. The molecule has 0 saturated carbocycles. The van der Waals surface area contributed by atoms with Gasteiger partial charge in [0, 0.05) is 17.5 Å². The first kappa shape index (κ1) is 22.0. The van der Waals surface area contributed by atoms with Crippen LogP contribution < -0.4 is 0 Å². The lowest BCUT2D eigenvalue weighted by Crippen LogP contribution is -2.33. The number of aromatic hydroxyl groups is 1. The quantitative estimate of drug-likeness (QED) is 0.339. The molecule has 0 aliphatic carbocycles. The van der Waals surface area contributed by atoms with Crippen molar-refractivity contribution in [3.63, 3.8) is 0 Å². The highest BCUT2D eigenvalue weighted by molar-refractivity contribution is 5.96. The van der Waals surface area contributed by atoms with Crippen LogP contribution in [-0.2, 0) is 13.0 Å². The molecule has 4 aromatic rings. The first-order valence-corrected chi connectivity index (χ1v) is 11.8. The second kappa shape index (κ2) is 10.0. The molecular formula is C28H28N4O2. The molecule has 1 fully saturated rings. The van der Waals surface area contributed by atoms with Gasteiger partial charge < -0.3 is 10.1 Å². The van der Waals surface area contributed by atoms with Gasteiger partial charge in [-0.25, -0.2) is 0 Å². The van der Waals surface area contributed by atoms with Crippen LogP contribution in [0.2, 0.25) is 0 Å². The molecule has 5 rings (SSSR count). The van der Waals surface area contributed by atoms with E-state index in [9.17, 15) is 9.90 Å². The van der Waals surface area contributed by atoms with E-state index in [1.165, 1.54) is 24.0 Å². The molecule has 0 atom stereocenters. The number of H-pyrrole nitrogens is 1. The van der Waals surface area contributed by atoms with Gasteiger partial charge in [-0.2, -0.15) is 0 Å². The third kappa shape index (κ3) is 5.07. The third-order valence-corrected chi connectivity index (χ3v) is 6.58. The maximum atomic E-state index is 12.5. The van der Waals surface area contributed by atoms with Crippen molar-refractivity contribution in [1.82, 2.24) is 9.88 Å². The molecule has 2 N–H and O–H groups in total. The van der Waals surface area contributed by atoms with Crippen molar-refractivity contribution in [2.24, 2.45) is 16.1 Å². The van der Waals surface area contributed by atoms with Gasteiger partial charge in [0.15, 0.2) is 5.69 Å². The number of likely N-dealkylation sites (tertiary alicyclic amines) is 1. The average Bonchev–Trinajstić information content (AvgIpc) is 3.19. The lowest BCUT2D eigenvalue weighted by molar-refractivity contribution is 0.0995. The minimum atomic E-state index is -0.432. The number of piperidine rings is 1. The summed E-state index contributed by atoms with van der Waals surface area (Å²) in [5.41, 5.74) is 4.11. The van der Waals surface area contributed by atoms with E-state index in [1.54, 1.807) is 12.1 Å². The summed E-state index contributed by atoms with van der Waals surface area (Å²) >= 11 is 0. The Labute approximate surface area is 199 Å². The summed E-state index contributed by atoms with van der Waals surface area (Å²) in [6, 6.07) is 25.7. The molecule has 2 heterocycles. The summed E-state index contributed by atoms with van der Waals surface area (Å²) in [6.07, 6.45) is 3.59. The second-order valence-corrected chi connectivity index (χ2v) is 8.98. The minimum Gasteiger partial charge on any atom is -0.493 e. The molecule has 1 aliphatic rings. The Kier molecular flexibility index (Phi) is 6.49. The lowest BCUT2D eigenvalue weighted by atomic mass is 9.90. The molecule has 6 heteroatoms. The highest BCUT2D eigenvalue weighted by atomic mass is 16.3. The molecule has 0 radical (unpaired) electrons. The summed E-state index contributed by atoms with van der Waals surface area (Å²) in [5, 5.41) is 18.6. The predicted molar refractivity (Wildman–Crippen MR) is 133 cm³/mol. The number of nitrogens with zero attached hydrogens (tertiary/aromatic N) is 3. The molecule has 1 aromatic heterocycles. The summed E-state index contributed by atoms with van der Waals surface area (Å²) in [5.74, 6) is 0.221. The summed E-state index contributed by atoms with van der Waals surface area (Å²) < 4.78 is 0. The van der Waals surface area contributed by atoms with E-state index in [-0.39, 0.29) is 11.6 Å². The van der Waals surface area contributed by atoms with Gasteiger partial charge >= 0.3 is 0 Å². The normalized spacial score (nSPS) is 15.3. The van der Waals surface area contributed by atoms with Crippen molar-refractivity contribution in [1.29, 1.82) is 0 Å². The van der Waals surface area contributed by atoms with Crippen molar-refractivity contribution in [3.05, 3.63) is 95.6 Å². The number of hydrogen-bond donors (Lipinski definition) is 2. The van der Waals surface area contributed by atoms with Gasteiger partial charge in [-0.3, -0.25) is 9.69 Å². The van der Waals surface area contributed by atoms with Crippen LogP contribution in [0.15, 0.2) is 89.1 Å². The number of benzene rings is 3. The molecule has 0 unspecified atom stereocenters. The molecule has 172 valence electrons. The highest BCUT2D eigenvalue weighted by Crippen LogP contribution is 2.35. The van der Waals surface area contributed by atoms with Gasteiger partial charge in [-0.1, -0.05) is 60.7 Å². The molecule has 34 heavy (non-hydrogen) atoms. The van der Waals surface area contributed by atoms with Gasteiger partial charge in [0.1, 0.15) is 0 Å². The van der Waals surface area contributed by atoms with Crippen molar-refractivity contribution in [2.75, 3.05) is 13.1 Å². The van der Waals surface area contributed by atoms with Crippen LogP contribution in [0.25, 0.3) is 10.9 Å². The number of aromatic amines is 1. The van der Waals surface area contributed by atoms with E-state index in [0.717, 1.165) is 42.9 Å². The number of hydrogen-bond acceptors (Lipinski definition) is 4. The first-order chi connectivity index (χ1) is 16.7. The largest absolute Gasteiger partial charge is 0.493 e. The Hall–Kier alpha value is -3.77. The van der Waals surface area contributed by atoms with E-state index >= 15 is 0 Å². The fraction of sp³-hybridized carbons (Fsp3) is 0.250. The lowest BCUT2D eigenvalue weighted by Gasteiger charge is -2.32. The number of carbonyl (C=O) groups excluding carboxylic acids is 1. The highest BCUT2D eigenvalue weighted by Gasteiger charge is 2.19. The molecule has 1 amide bonds. The Morgan fingerprint density at radius 2 is 1.62 bits per heavy atom. The van der Waals surface area contributed by atoms with Crippen LogP contribution in [0.3, 0.4) is 0 Å². The van der Waals surface area contributed by atoms with Crippen molar-refractivity contribution in [3.8, 4) is 5.88 Å². The van der Waals surface area contributed by atoms with Crippen molar-refractivity contribution >= 4 is 22.5 Å². The topological polar surface area (TPSA) is 81.0 Å². The van der Waals surface area contributed by atoms with Gasteiger partial charge in [-0.05, 0) is 67.6 Å². The zero-order chi connectivity index (χ0) is 23.3. The van der Waals surface area contributed by atoms with Crippen LogP contribution in [-0.4, -0.2) is 34.0 Å². The zero-order valence-corrected chi connectivity index (χ0v) is 19.0. The van der Waals surface area contributed by atoms with Crippen molar-refractivity contribution in [2.45, 2.75) is 25.8 Å². The van der Waals surface area contributed by atoms with Crippen LogP contribution in [0.4, 0.5) is 5.69 Å². The smallest absolute Gasteiger partial charge is 0.295 e. The Morgan fingerprint density at radius 3 is 2.38 bits per heavy atom. The summed E-state index contributed by atoms with van der Waals surface area (Å²) in [6.45, 7) is 3.08. The zero-order valence-electron chi connectivity index (χ0n) is 19.0. The second-order valence-electron chi connectivity index (χ2n) is 8.98. The number of carbonyl (C=O) groups is 1. The molecular weight excluding hydrogens is 424 g/mol. The first-order valence-electron chi connectivity index (χ1n) is 11.8. The molecule has 1 saturated heterocycles. The molecule has 0 bridgehead atoms. The monoisotopic (exact) mass is 452 g/mol. The maximum Gasteiger partial charge on any atom is 0.295 e. The molecule has 6 nitrogen and oxygen atoms in total. The molecule has 1 aliphatic heterocycles. The third-order valence-electron chi connectivity index (χ3n) is 6.58. The number of nitrogens with one attached hydrogen (secondary N) is 1. The fourth-order valence-electron chi connectivity index (χ4n) is 4.67. The standard InChI is InChI=1S/C28H28N4O2/c33-27(31-30-26-24-8-4-5-9-25(24)29-28(26)34)23-12-10-22(11-13-23)19-32-16-14-21(15-17-32)18-20-6-2-1-3-7-20/h1-13,21,29,34H,14-19H2. The van der Waals surface area contributed by atoms with E-state index < -0.39 is 5.91 Å². The summed E-state index contributed by atoms with van der Waals surface area (Å²) in [4.78, 5) is 17.8. The number of aromatic nitrogens is 1. The average molecular weight is 453 g/mol. The van der Waals surface area contributed by atoms with E-state index in [0.29, 0.717) is 5.56 Å². The van der Waals surface area contributed by atoms with Crippen LogP contribution in [0, 0.1) is 5.92 Å². The van der Waals surface area contributed by atoms with E-state index in [1.807, 2.05) is 36.4 Å². The van der Waals surface area contributed by atoms with E-state index in [4.69, 9.17) is 0 Å². The van der Waals surface area contributed by atoms with E-state index in [2.05, 4.69) is 50.4 Å². The Morgan fingerprint density at radius 1 is 0.912 bits per heavy atom. The Balaban J connectivity index is 1.15. The van der Waals surface area contributed by atoms with Gasteiger partial charge in [0.05, 0.1) is 5.52 Å². The fourth-order valence-corrected chi connectivity index (χ4v) is 4.67.